The van der Waals surface area contributed by atoms with Crippen LogP contribution < -0.4 is 20.1 Å². The number of primary amides is 1. The van der Waals surface area contributed by atoms with Crippen LogP contribution in [0.3, 0.4) is 0 Å². The Morgan fingerprint density at radius 3 is 2.60 bits per heavy atom. The Balaban J connectivity index is 1.70. The molecule has 2 aromatic rings. The maximum absolute atomic E-state index is 13.1. The third-order valence-electron chi connectivity index (χ3n) is 4.53. The van der Waals surface area contributed by atoms with Gasteiger partial charge < -0.3 is 20.1 Å². The van der Waals surface area contributed by atoms with Crippen LogP contribution >= 0.6 is 0 Å². The molecule has 0 radical (unpaired) electrons. The first-order chi connectivity index (χ1) is 14.3. The van der Waals surface area contributed by atoms with Gasteiger partial charge in [-0.2, -0.15) is 4.31 Å². The van der Waals surface area contributed by atoms with E-state index in [0.29, 0.717) is 30.4 Å². The monoisotopic (exact) mass is 435 g/mol. The number of nitrogens with zero attached hydrogens (tertiary/aromatic N) is 4. The third-order valence-corrected chi connectivity index (χ3v) is 6.41. The van der Waals surface area contributed by atoms with E-state index in [9.17, 15) is 13.2 Å². The number of rotatable bonds is 8. The molecule has 30 heavy (non-hydrogen) atoms. The maximum Gasteiger partial charge on any atom is 0.257 e. The van der Waals surface area contributed by atoms with E-state index in [0.717, 1.165) is 6.42 Å². The van der Waals surface area contributed by atoms with Crippen molar-refractivity contribution in [2.24, 2.45) is 5.73 Å². The molecule has 1 aromatic heterocycles. The number of aromatic nitrogens is 2. The Labute approximate surface area is 175 Å². The number of hydrogen-bond acceptors (Lipinski definition) is 8. The number of sulfonamides is 1. The molecule has 1 aromatic carbocycles. The number of piperidine rings is 1. The van der Waals surface area contributed by atoms with Crippen LogP contribution in [0.1, 0.15) is 12.8 Å². The second-order valence-corrected chi connectivity index (χ2v) is 8.99. The molecule has 3 rings (SSSR count). The predicted molar refractivity (Wildman–Crippen MR) is 110 cm³/mol. The van der Waals surface area contributed by atoms with Crippen molar-refractivity contribution in [3.05, 3.63) is 36.7 Å². The quantitative estimate of drug-likeness (QED) is 0.640. The fraction of sp³-hybridized carbons (Fsp3) is 0.421. The van der Waals surface area contributed by atoms with E-state index in [4.69, 9.17) is 15.2 Å². The number of carbonyl (C=O) groups is 1. The van der Waals surface area contributed by atoms with Gasteiger partial charge in [0, 0.05) is 33.0 Å². The van der Waals surface area contributed by atoms with E-state index in [1.54, 1.807) is 17.3 Å². The molecule has 0 saturated carbocycles. The van der Waals surface area contributed by atoms with Gasteiger partial charge in [-0.05, 0) is 37.1 Å². The second kappa shape index (κ2) is 9.26. The summed E-state index contributed by atoms with van der Waals surface area (Å²) in [6, 6.07) is 5.89. The van der Waals surface area contributed by atoms with Crippen LogP contribution in [0, 0.1) is 0 Å². The van der Waals surface area contributed by atoms with Crippen LogP contribution in [-0.4, -0.2) is 68.5 Å². The van der Waals surface area contributed by atoms with Gasteiger partial charge >= 0.3 is 0 Å². The minimum atomic E-state index is -3.70. The summed E-state index contributed by atoms with van der Waals surface area (Å²) in [6.07, 6.45) is 4.18. The van der Waals surface area contributed by atoms with Gasteiger partial charge in [-0.1, -0.05) is 0 Å². The van der Waals surface area contributed by atoms with Gasteiger partial charge in [0.2, 0.25) is 10.0 Å². The molecule has 1 saturated heterocycles. The van der Waals surface area contributed by atoms with E-state index < -0.39 is 15.9 Å². The first-order valence-corrected chi connectivity index (χ1v) is 10.9. The van der Waals surface area contributed by atoms with Crippen molar-refractivity contribution >= 4 is 21.7 Å². The van der Waals surface area contributed by atoms with Gasteiger partial charge in [-0.25, -0.2) is 18.4 Å². The summed E-state index contributed by atoms with van der Waals surface area (Å²) >= 11 is 0. The third kappa shape index (κ3) is 5.16. The Bertz CT molecular complexity index is 981. The molecule has 1 atom stereocenters. The summed E-state index contributed by atoms with van der Waals surface area (Å²) in [5, 5.41) is 0. The van der Waals surface area contributed by atoms with Crippen LogP contribution in [0.4, 0.5) is 5.82 Å². The van der Waals surface area contributed by atoms with Crippen molar-refractivity contribution in [3.8, 4) is 11.6 Å². The van der Waals surface area contributed by atoms with E-state index in [1.165, 1.54) is 28.6 Å². The first kappa shape index (κ1) is 21.8. The van der Waals surface area contributed by atoms with Gasteiger partial charge in [0.1, 0.15) is 11.9 Å². The Morgan fingerprint density at radius 2 is 1.93 bits per heavy atom. The number of anilines is 1. The largest absolute Gasteiger partial charge is 0.484 e. The van der Waals surface area contributed by atoms with Crippen LogP contribution in [0.5, 0.6) is 11.6 Å². The topological polar surface area (TPSA) is 128 Å². The van der Waals surface area contributed by atoms with Crippen LogP contribution in [0.15, 0.2) is 41.6 Å². The molecule has 1 fully saturated rings. The van der Waals surface area contributed by atoms with Gasteiger partial charge in [0.05, 0.1) is 11.4 Å². The lowest BCUT2D eigenvalue weighted by atomic mass is 10.1. The lowest BCUT2D eigenvalue weighted by Crippen LogP contribution is -2.44. The highest BCUT2D eigenvalue weighted by molar-refractivity contribution is 7.89. The predicted octanol–water partition coefficient (Wildman–Crippen LogP) is 0.639. The molecule has 1 amide bonds. The fourth-order valence-electron chi connectivity index (χ4n) is 3.10. The molecule has 1 unspecified atom stereocenters. The van der Waals surface area contributed by atoms with Gasteiger partial charge in [0.15, 0.2) is 12.4 Å². The zero-order valence-electron chi connectivity index (χ0n) is 16.9. The molecule has 1 aliphatic heterocycles. The average Bonchev–Trinajstić information content (AvgIpc) is 2.73. The SMILES string of the molecule is CN(C)c1nccnc1OC1CCCN(S(=O)(=O)c2ccc(OCC(N)=O)cc2)C1. The van der Waals surface area contributed by atoms with Gasteiger partial charge in [-0.15, -0.1) is 0 Å². The van der Waals surface area contributed by atoms with E-state index >= 15 is 0 Å². The van der Waals surface area contributed by atoms with Crippen molar-refractivity contribution in [3.63, 3.8) is 0 Å². The van der Waals surface area contributed by atoms with Crippen molar-refractivity contribution in [2.45, 2.75) is 23.8 Å². The molecule has 0 spiro atoms. The highest BCUT2D eigenvalue weighted by Gasteiger charge is 2.32. The van der Waals surface area contributed by atoms with Crippen LogP contribution in [-0.2, 0) is 14.8 Å². The van der Waals surface area contributed by atoms with E-state index in [-0.39, 0.29) is 24.2 Å². The zero-order valence-corrected chi connectivity index (χ0v) is 17.7. The molecule has 2 N–H and O–H groups in total. The highest BCUT2D eigenvalue weighted by atomic mass is 32.2. The summed E-state index contributed by atoms with van der Waals surface area (Å²) in [5.41, 5.74) is 5.04. The minimum absolute atomic E-state index is 0.142. The summed E-state index contributed by atoms with van der Waals surface area (Å²) in [4.78, 5) is 21.2. The number of nitrogens with two attached hydrogens (primary N) is 1. The van der Waals surface area contributed by atoms with Crippen LogP contribution in [0.25, 0.3) is 0 Å². The Hall–Kier alpha value is -2.92. The molecule has 0 aliphatic carbocycles. The second-order valence-electron chi connectivity index (χ2n) is 7.05. The molecule has 162 valence electrons. The summed E-state index contributed by atoms with van der Waals surface area (Å²) in [6.45, 7) is 0.351. The van der Waals surface area contributed by atoms with Gasteiger partial charge in [-0.3, -0.25) is 4.79 Å². The highest BCUT2D eigenvalue weighted by Crippen LogP contribution is 2.27. The Morgan fingerprint density at radius 1 is 1.23 bits per heavy atom. The van der Waals surface area contributed by atoms with Crippen molar-refractivity contribution in [2.75, 3.05) is 38.7 Å². The average molecular weight is 436 g/mol. The summed E-state index contributed by atoms with van der Waals surface area (Å²) < 4.78 is 38.7. The number of hydrogen-bond donors (Lipinski definition) is 1. The molecule has 0 bridgehead atoms. The van der Waals surface area contributed by atoms with Crippen molar-refractivity contribution < 1.29 is 22.7 Å². The number of ether oxygens (including phenoxy) is 2. The lowest BCUT2D eigenvalue weighted by Gasteiger charge is -2.32. The maximum atomic E-state index is 13.1. The molecular formula is C19H25N5O5S. The molecule has 10 nitrogen and oxygen atoms in total. The van der Waals surface area contributed by atoms with E-state index in [2.05, 4.69) is 9.97 Å². The van der Waals surface area contributed by atoms with E-state index in [1.807, 2.05) is 14.1 Å². The van der Waals surface area contributed by atoms with Crippen molar-refractivity contribution in [1.29, 1.82) is 0 Å². The minimum Gasteiger partial charge on any atom is -0.484 e. The molecule has 1 aliphatic rings. The normalized spacial score (nSPS) is 17.3. The zero-order chi connectivity index (χ0) is 21.7. The van der Waals surface area contributed by atoms with Crippen LogP contribution in [0.2, 0.25) is 0 Å². The smallest absolute Gasteiger partial charge is 0.257 e. The molecule has 11 heteroatoms. The lowest BCUT2D eigenvalue weighted by molar-refractivity contribution is -0.119. The van der Waals surface area contributed by atoms with Gasteiger partial charge in [0.25, 0.3) is 11.8 Å². The summed E-state index contributed by atoms with van der Waals surface area (Å²) in [7, 11) is -0.0248. The molecular weight excluding hydrogens is 410 g/mol. The fourth-order valence-corrected chi connectivity index (χ4v) is 4.61. The standard InChI is InChI=1S/C19H25N5O5S/c1-23(2)18-19(22-10-9-21-18)29-15-4-3-11-24(12-15)30(26,27)16-7-5-14(6-8-16)28-13-17(20)25/h5-10,15H,3-4,11-13H2,1-2H3,(H2,20,25). The number of carbonyl (C=O) groups excluding carboxylic acids is 1. The molecule has 2 heterocycles. The summed E-state index contributed by atoms with van der Waals surface area (Å²) in [5.74, 6) is 0.727. The Kier molecular flexibility index (Phi) is 6.73. The number of benzene rings is 1. The van der Waals surface area contributed by atoms with Crippen molar-refractivity contribution in [1.82, 2.24) is 14.3 Å². The first-order valence-electron chi connectivity index (χ1n) is 9.43. The number of amides is 1.